The van der Waals surface area contributed by atoms with Gasteiger partial charge in [0.05, 0.1) is 11.7 Å². The molecule has 0 aromatic heterocycles. The van der Waals surface area contributed by atoms with Gasteiger partial charge in [-0.2, -0.15) is 0 Å². The first kappa shape index (κ1) is 13.2. The lowest BCUT2D eigenvalue weighted by Crippen LogP contribution is -2.31. The quantitative estimate of drug-likeness (QED) is 0.805. The normalized spacial score (nSPS) is 11.9. The molecule has 1 amide bonds. The minimum Gasteiger partial charge on any atom is -0.478 e. The van der Waals surface area contributed by atoms with Crippen LogP contribution in [-0.4, -0.2) is 36.7 Å². The standard InChI is InChI=1S/C12H15NO4/c1-8(17-2)7-13-11(14)9-3-5-10(6-4-9)12(15)16/h3-6,8H,7H2,1-2H3,(H,13,14)(H,15,16). The summed E-state index contributed by atoms with van der Waals surface area (Å²) >= 11 is 0. The zero-order valence-electron chi connectivity index (χ0n) is 9.77. The number of rotatable bonds is 5. The lowest BCUT2D eigenvalue weighted by Gasteiger charge is -2.10. The van der Waals surface area contributed by atoms with Crippen molar-refractivity contribution >= 4 is 11.9 Å². The van der Waals surface area contributed by atoms with Crippen LogP contribution >= 0.6 is 0 Å². The van der Waals surface area contributed by atoms with Crippen LogP contribution in [0.1, 0.15) is 27.6 Å². The largest absolute Gasteiger partial charge is 0.478 e. The van der Waals surface area contributed by atoms with Crippen molar-refractivity contribution in [2.45, 2.75) is 13.0 Å². The van der Waals surface area contributed by atoms with E-state index in [2.05, 4.69) is 5.32 Å². The molecular weight excluding hydrogens is 222 g/mol. The Labute approximate surface area is 99.4 Å². The summed E-state index contributed by atoms with van der Waals surface area (Å²) in [6.45, 7) is 2.25. The number of carbonyl (C=O) groups excluding carboxylic acids is 1. The number of carboxylic acid groups (broad SMARTS) is 1. The number of ether oxygens (including phenoxy) is 1. The number of benzene rings is 1. The van der Waals surface area contributed by atoms with Crippen molar-refractivity contribution in [3.05, 3.63) is 35.4 Å². The Bertz CT molecular complexity index is 399. The summed E-state index contributed by atoms with van der Waals surface area (Å²) in [7, 11) is 1.57. The van der Waals surface area contributed by atoms with Crippen molar-refractivity contribution in [1.29, 1.82) is 0 Å². The van der Waals surface area contributed by atoms with Crippen LogP contribution < -0.4 is 5.32 Å². The summed E-state index contributed by atoms with van der Waals surface area (Å²) in [6, 6.07) is 5.76. The van der Waals surface area contributed by atoms with E-state index in [1.165, 1.54) is 24.3 Å². The van der Waals surface area contributed by atoms with Gasteiger partial charge >= 0.3 is 5.97 Å². The minimum absolute atomic E-state index is 0.0581. The number of aromatic carboxylic acids is 1. The lowest BCUT2D eigenvalue weighted by molar-refractivity contribution is 0.0696. The highest BCUT2D eigenvalue weighted by Gasteiger charge is 2.08. The number of hydrogen-bond acceptors (Lipinski definition) is 3. The van der Waals surface area contributed by atoms with Gasteiger partial charge in [-0.15, -0.1) is 0 Å². The fourth-order valence-electron chi connectivity index (χ4n) is 1.19. The van der Waals surface area contributed by atoms with Gasteiger partial charge in [-0.3, -0.25) is 4.79 Å². The Morgan fingerprint density at radius 1 is 1.29 bits per heavy atom. The second-order valence-corrected chi connectivity index (χ2v) is 3.64. The third kappa shape index (κ3) is 3.88. The van der Waals surface area contributed by atoms with Gasteiger partial charge in [-0.25, -0.2) is 4.79 Å². The fourth-order valence-corrected chi connectivity index (χ4v) is 1.19. The number of nitrogens with one attached hydrogen (secondary N) is 1. The van der Waals surface area contributed by atoms with E-state index < -0.39 is 5.97 Å². The molecule has 0 radical (unpaired) electrons. The topological polar surface area (TPSA) is 75.6 Å². The van der Waals surface area contributed by atoms with E-state index in [1.807, 2.05) is 6.92 Å². The van der Waals surface area contributed by atoms with Gasteiger partial charge < -0.3 is 15.2 Å². The maximum atomic E-state index is 11.6. The van der Waals surface area contributed by atoms with Crippen LogP contribution in [0.5, 0.6) is 0 Å². The van der Waals surface area contributed by atoms with Crippen LogP contribution in [-0.2, 0) is 4.74 Å². The summed E-state index contributed by atoms with van der Waals surface area (Å²) in [5, 5.41) is 11.4. The zero-order chi connectivity index (χ0) is 12.8. The van der Waals surface area contributed by atoms with Gasteiger partial charge in [0.15, 0.2) is 0 Å². The third-order valence-electron chi connectivity index (χ3n) is 2.35. The Kier molecular flexibility index (Phi) is 4.66. The van der Waals surface area contributed by atoms with Crippen LogP contribution in [0.4, 0.5) is 0 Å². The molecule has 0 saturated heterocycles. The van der Waals surface area contributed by atoms with Crippen LogP contribution in [0.2, 0.25) is 0 Å². The molecule has 1 atom stereocenters. The van der Waals surface area contributed by atoms with Gasteiger partial charge in [-0.05, 0) is 31.2 Å². The third-order valence-corrected chi connectivity index (χ3v) is 2.35. The molecule has 1 aromatic rings. The average Bonchev–Trinajstić information content (AvgIpc) is 2.35. The Morgan fingerprint density at radius 2 is 1.82 bits per heavy atom. The summed E-state index contributed by atoms with van der Waals surface area (Å²) in [5.74, 6) is -1.25. The average molecular weight is 237 g/mol. The molecule has 92 valence electrons. The monoisotopic (exact) mass is 237 g/mol. The summed E-state index contributed by atoms with van der Waals surface area (Å²) in [5.41, 5.74) is 0.588. The van der Waals surface area contributed by atoms with Crippen LogP contribution in [0, 0.1) is 0 Å². The molecule has 1 rings (SSSR count). The Hall–Kier alpha value is -1.88. The van der Waals surface area contributed by atoms with E-state index in [9.17, 15) is 9.59 Å². The maximum absolute atomic E-state index is 11.6. The van der Waals surface area contributed by atoms with E-state index in [0.29, 0.717) is 12.1 Å². The molecule has 0 spiro atoms. The molecule has 5 heteroatoms. The van der Waals surface area contributed by atoms with Crippen LogP contribution in [0.25, 0.3) is 0 Å². The zero-order valence-corrected chi connectivity index (χ0v) is 9.77. The van der Waals surface area contributed by atoms with Crippen LogP contribution in [0.3, 0.4) is 0 Å². The fraction of sp³-hybridized carbons (Fsp3) is 0.333. The molecular formula is C12H15NO4. The second kappa shape index (κ2) is 6.00. The number of carboxylic acids is 1. The molecule has 17 heavy (non-hydrogen) atoms. The molecule has 1 aromatic carbocycles. The second-order valence-electron chi connectivity index (χ2n) is 3.64. The number of hydrogen-bond donors (Lipinski definition) is 2. The van der Waals surface area contributed by atoms with E-state index in [-0.39, 0.29) is 17.6 Å². The van der Waals surface area contributed by atoms with Crippen molar-refractivity contribution in [2.24, 2.45) is 0 Å². The first-order valence-corrected chi connectivity index (χ1v) is 5.19. The molecule has 2 N–H and O–H groups in total. The molecule has 0 heterocycles. The summed E-state index contributed by atoms with van der Waals surface area (Å²) in [4.78, 5) is 22.3. The van der Waals surface area contributed by atoms with Gasteiger partial charge in [0, 0.05) is 19.2 Å². The highest BCUT2D eigenvalue weighted by atomic mass is 16.5. The number of amides is 1. The van der Waals surface area contributed by atoms with Gasteiger partial charge in [-0.1, -0.05) is 0 Å². The highest BCUT2D eigenvalue weighted by molar-refractivity contribution is 5.95. The van der Waals surface area contributed by atoms with Crippen molar-refractivity contribution in [3.63, 3.8) is 0 Å². The molecule has 0 bridgehead atoms. The first-order valence-electron chi connectivity index (χ1n) is 5.19. The van der Waals surface area contributed by atoms with Gasteiger partial charge in [0.2, 0.25) is 0 Å². The minimum atomic E-state index is -1.01. The van der Waals surface area contributed by atoms with Gasteiger partial charge in [0.1, 0.15) is 0 Å². The van der Waals surface area contributed by atoms with Crippen molar-refractivity contribution in [3.8, 4) is 0 Å². The van der Waals surface area contributed by atoms with Crippen molar-refractivity contribution in [1.82, 2.24) is 5.32 Å². The number of methoxy groups -OCH3 is 1. The van der Waals surface area contributed by atoms with Crippen LogP contribution in [0.15, 0.2) is 24.3 Å². The molecule has 0 aliphatic rings. The summed E-state index contributed by atoms with van der Waals surface area (Å²) in [6.07, 6.45) is -0.0581. The molecule has 1 unspecified atom stereocenters. The van der Waals surface area contributed by atoms with Crippen molar-refractivity contribution < 1.29 is 19.4 Å². The van der Waals surface area contributed by atoms with Crippen molar-refractivity contribution in [2.75, 3.05) is 13.7 Å². The first-order chi connectivity index (χ1) is 8.04. The Morgan fingerprint density at radius 3 is 2.29 bits per heavy atom. The summed E-state index contributed by atoms with van der Waals surface area (Å²) < 4.78 is 4.99. The van der Waals surface area contributed by atoms with E-state index in [4.69, 9.17) is 9.84 Å². The number of carbonyl (C=O) groups is 2. The predicted molar refractivity (Wildman–Crippen MR) is 62.2 cm³/mol. The maximum Gasteiger partial charge on any atom is 0.335 e. The molecule has 0 fully saturated rings. The lowest BCUT2D eigenvalue weighted by atomic mass is 10.1. The Balaban J connectivity index is 2.61. The van der Waals surface area contributed by atoms with E-state index in [1.54, 1.807) is 7.11 Å². The smallest absolute Gasteiger partial charge is 0.335 e. The van der Waals surface area contributed by atoms with E-state index in [0.717, 1.165) is 0 Å². The highest BCUT2D eigenvalue weighted by Crippen LogP contribution is 2.04. The molecule has 0 saturated carbocycles. The van der Waals surface area contributed by atoms with E-state index >= 15 is 0 Å². The predicted octanol–water partition coefficient (Wildman–Crippen LogP) is 1.15. The molecule has 0 aliphatic heterocycles. The molecule has 5 nitrogen and oxygen atoms in total. The SMILES string of the molecule is COC(C)CNC(=O)c1ccc(C(=O)O)cc1. The van der Waals surface area contributed by atoms with Gasteiger partial charge in [0.25, 0.3) is 5.91 Å². The molecule has 0 aliphatic carbocycles.